The summed E-state index contributed by atoms with van der Waals surface area (Å²) < 4.78 is 0. The number of fused-ring (bicyclic) bond motifs is 1. The normalized spacial score (nSPS) is 23.2. The maximum atomic E-state index is 4.75. The summed E-state index contributed by atoms with van der Waals surface area (Å²) in [6.45, 7) is 3.13. The smallest absolute Gasteiger partial charge is 0.227 e. The molecule has 4 rings (SSSR count). The number of pyridine rings is 1. The summed E-state index contributed by atoms with van der Waals surface area (Å²) in [6, 6.07) is 8.56. The molecule has 2 aromatic heterocycles. The lowest BCUT2D eigenvalue weighted by molar-refractivity contribution is 0.387. The van der Waals surface area contributed by atoms with Crippen molar-refractivity contribution in [2.24, 2.45) is 5.92 Å². The molecule has 0 radical (unpaired) electrons. The van der Waals surface area contributed by atoms with Gasteiger partial charge in [0.05, 0.1) is 6.04 Å². The Kier molecular flexibility index (Phi) is 3.96. The van der Waals surface area contributed by atoms with Gasteiger partial charge in [0.15, 0.2) is 0 Å². The largest absolute Gasteiger partial charge is 0.363 e. The van der Waals surface area contributed by atoms with Crippen molar-refractivity contribution in [2.45, 2.75) is 18.9 Å². The summed E-state index contributed by atoms with van der Waals surface area (Å²) in [5, 5.41) is 0. The summed E-state index contributed by atoms with van der Waals surface area (Å²) >= 11 is 0. The highest BCUT2D eigenvalue weighted by molar-refractivity contribution is 5.46. The molecule has 2 aliphatic heterocycles. The second-order valence-corrected chi connectivity index (χ2v) is 6.84. The van der Waals surface area contributed by atoms with Gasteiger partial charge in [-0.3, -0.25) is 0 Å². The summed E-state index contributed by atoms with van der Waals surface area (Å²) in [5.74, 6) is 3.62. The Morgan fingerprint density at radius 3 is 2.71 bits per heavy atom. The fraction of sp³-hybridized carbons (Fsp3) is 0.500. The molecule has 4 heterocycles. The predicted octanol–water partition coefficient (Wildman–Crippen LogP) is 2.04. The lowest BCUT2D eigenvalue weighted by Crippen LogP contribution is -2.49. The summed E-state index contributed by atoms with van der Waals surface area (Å²) in [4.78, 5) is 20.6. The zero-order valence-electron chi connectivity index (χ0n) is 14.3. The first-order chi connectivity index (χ1) is 11.7. The van der Waals surface area contributed by atoms with E-state index in [1.165, 1.54) is 12.8 Å². The Morgan fingerprint density at radius 1 is 1.04 bits per heavy atom. The van der Waals surface area contributed by atoms with Crippen molar-refractivity contribution in [1.82, 2.24) is 15.0 Å². The van der Waals surface area contributed by atoms with E-state index in [4.69, 9.17) is 4.98 Å². The maximum absolute atomic E-state index is 4.75. The third kappa shape index (κ3) is 2.77. The van der Waals surface area contributed by atoms with Gasteiger partial charge in [0.25, 0.3) is 0 Å². The van der Waals surface area contributed by atoms with Crippen LogP contribution in [-0.4, -0.2) is 54.7 Å². The highest BCUT2D eigenvalue weighted by Gasteiger charge is 2.39. The van der Waals surface area contributed by atoms with Crippen molar-refractivity contribution < 1.29 is 0 Å². The molecule has 2 saturated heterocycles. The maximum Gasteiger partial charge on any atom is 0.227 e. The molecule has 24 heavy (non-hydrogen) atoms. The summed E-state index contributed by atoms with van der Waals surface area (Å²) in [6.07, 6.45) is 6.18. The highest BCUT2D eigenvalue weighted by atomic mass is 15.3. The van der Waals surface area contributed by atoms with E-state index in [2.05, 4.69) is 31.9 Å². The van der Waals surface area contributed by atoms with E-state index in [0.717, 1.165) is 43.1 Å². The topological polar surface area (TPSA) is 48.4 Å². The Hall–Kier alpha value is -2.37. The van der Waals surface area contributed by atoms with E-state index in [0.29, 0.717) is 6.04 Å². The molecule has 2 fully saturated rings. The molecule has 0 bridgehead atoms. The molecule has 0 aliphatic carbocycles. The molecule has 0 saturated carbocycles. The van der Waals surface area contributed by atoms with Crippen LogP contribution in [0, 0.1) is 5.92 Å². The number of hydrogen-bond acceptors (Lipinski definition) is 6. The molecule has 0 N–H and O–H groups in total. The second kappa shape index (κ2) is 6.26. The SMILES string of the molecule is CN(C)c1ccnc(N2CCC3CCN(c4ccccn4)CC32)n1. The van der Waals surface area contributed by atoms with Crippen molar-refractivity contribution in [1.29, 1.82) is 0 Å². The summed E-state index contributed by atoms with van der Waals surface area (Å²) in [7, 11) is 4.03. The molecule has 6 heteroatoms. The molecule has 2 atom stereocenters. The van der Waals surface area contributed by atoms with E-state index in [9.17, 15) is 0 Å². The van der Waals surface area contributed by atoms with Crippen LogP contribution in [0.3, 0.4) is 0 Å². The molecule has 2 aliphatic rings. The highest BCUT2D eigenvalue weighted by Crippen LogP contribution is 2.35. The molecule has 2 aromatic rings. The minimum Gasteiger partial charge on any atom is -0.363 e. The van der Waals surface area contributed by atoms with Crippen molar-refractivity contribution >= 4 is 17.6 Å². The predicted molar refractivity (Wildman–Crippen MR) is 96.7 cm³/mol. The average Bonchev–Trinajstić information content (AvgIpc) is 3.05. The Morgan fingerprint density at radius 2 is 1.92 bits per heavy atom. The van der Waals surface area contributed by atoms with Gasteiger partial charge < -0.3 is 14.7 Å². The van der Waals surface area contributed by atoms with E-state index in [1.54, 1.807) is 0 Å². The van der Waals surface area contributed by atoms with Crippen molar-refractivity contribution in [2.75, 3.05) is 48.4 Å². The van der Waals surface area contributed by atoms with Gasteiger partial charge in [-0.2, -0.15) is 4.98 Å². The first kappa shape index (κ1) is 15.2. The molecule has 0 amide bonds. The lowest BCUT2D eigenvalue weighted by Gasteiger charge is -2.39. The van der Waals surface area contributed by atoms with Gasteiger partial charge in [-0.25, -0.2) is 9.97 Å². The minimum absolute atomic E-state index is 0.471. The Bertz CT molecular complexity index is 689. The first-order valence-electron chi connectivity index (χ1n) is 8.65. The number of rotatable bonds is 3. The van der Waals surface area contributed by atoms with Gasteiger partial charge in [-0.05, 0) is 37.0 Å². The van der Waals surface area contributed by atoms with Gasteiger partial charge in [-0.1, -0.05) is 6.07 Å². The van der Waals surface area contributed by atoms with E-state index >= 15 is 0 Å². The Labute approximate surface area is 143 Å². The fourth-order valence-corrected chi connectivity index (χ4v) is 3.86. The standard InChI is InChI=1S/C18H24N6/c1-22(2)17-6-10-20-18(21-17)24-12-8-14-7-11-23(13-15(14)24)16-5-3-4-9-19-16/h3-6,9-10,14-15H,7-8,11-13H2,1-2H3. The Balaban J connectivity index is 1.57. The fourth-order valence-electron chi connectivity index (χ4n) is 3.86. The first-order valence-corrected chi connectivity index (χ1v) is 8.65. The number of piperidine rings is 1. The van der Waals surface area contributed by atoms with E-state index in [-0.39, 0.29) is 0 Å². The van der Waals surface area contributed by atoms with E-state index in [1.807, 2.05) is 43.5 Å². The molecule has 0 aromatic carbocycles. The van der Waals surface area contributed by atoms with Gasteiger partial charge in [0, 0.05) is 46.1 Å². The summed E-state index contributed by atoms with van der Waals surface area (Å²) in [5.41, 5.74) is 0. The number of hydrogen-bond donors (Lipinski definition) is 0. The van der Waals surface area contributed by atoms with Gasteiger partial charge in [0.1, 0.15) is 11.6 Å². The number of aromatic nitrogens is 3. The molecule has 2 unspecified atom stereocenters. The number of nitrogens with zero attached hydrogens (tertiary/aromatic N) is 6. The molecular formula is C18H24N6. The monoisotopic (exact) mass is 324 g/mol. The average molecular weight is 324 g/mol. The van der Waals surface area contributed by atoms with Crippen molar-refractivity contribution in [3.63, 3.8) is 0 Å². The van der Waals surface area contributed by atoms with Crippen LogP contribution < -0.4 is 14.7 Å². The molecule has 126 valence electrons. The number of anilines is 3. The van der Waals surface area contributed by atoms with Crippen LogP contribution in [0.5, 0.6) is 0 Å². The minimum atomic E-state index is 0.471. The van der Waals surface area contributed by atoms with Crippen LogP contribution >= 0.6 is 0 Å². The van der Waals surface area contributed by atoms with Gasteiger partial charge in [-0.15, -0.1) is 0 Å². The van der Waals surface area contributed by atoms with Crippen LogP contribution in [0.4, 0.5) is 17.6 Å². The van der Waals surface area contributed by atoms with Crippen LogP contribution in [0.15, 0.2) is 36.7 Å². The molecule has 0 spiro atoms. The van der Waals surface area contributed by atoms with Gasteiger partial charge in [0.2, 0.25) is 5.95 Å². The van der Waals surface area contributed by atoms with Crippen LogP contribution in [0.25, 0.3) is 0 Å². The zero-order valence-corrected chi connectivity index (χ0v) is 14.3. The zero-order chi connectivity index (χ0) is 16.5. The van der Waals surface area contributed by atoms with E-state index < -0.39 is 0 Å². The van der Waals surface area contributed by atoms with Crippen molar-refractivity contribution in [3.05, 3.63) is 36.7 Å². The van der Waals surface area contributed by atoms with Crippen LogP contribution in [-0.2, 0) is 0 Å². The molecule has 6 nitrogen and oxygen atoms in total. The third-order valence-electron chi connectivity index (χ3n) is 5.18. The van der Waals surface area contributed by atoms with Crippen molar-refractivity contribution in [3.8, 4) is 0 Å². The molecular weight excluding hydrogens is 300 g/mol. The third-order valence-corrected chi connectivity index (χ3v) is 5.18. The van der Waals surface area contributed by atoms with Crippen LogP contribution in [0.2, 0.25) is 0 Å². The van der Waals surface area contributed by atoms with Gasteiger partial charge >= 0.3 is 0 Å². The quantitative estimate of drug-likeness (QED) is 0.861. The second-order valence-electron chi connectivity index (χ2n) is 6.84. The van der Waals surface area contributed by atoms with Crippen LogP contribution in [0.1, 0.15) is 12.8 Å². The lowest BCUT2D eigenvalue weighted by atomic mass is 9.92.